The molecule has 28 heavy (non-hydrogen) atoms. The smallest absolute Gasteiger partial charge is 0.261 e. The van der Waals surface area contributed by atoms with Gasteiger partial charge >= 0.3 is 0 Å². The van der Waals surface area contributed by atoms with Crippen molar-refractivity contribution in [3.05, 3.63) is 72.8 Å². The molecular formula is C25H36O2Si. The second-order valence-corrected chi connectivity index (χ2v) is 12.7. The average Bonchev–Trinajstić information content (AvgIpc) is 2.70. The molecule has 152 valence electrons. The summed E-state index contributed by atoms with van der Waals surface area (Å²) in [5.74, 6) is 0. The van der Waals surface area contributed by atoms with Gasteiger partial charge in [0.25, 0.3) is 8.32 Å². The number of hydrogen-bond acceptors (Lipinski definition) is 2. The lowest BCUT2D eigenvalue weighted by Gasteiger charge is -2.45. The molecule has 0 bridgehead atoms. The Kier molecular flexibility index (Phi) is 8.68. The van der Waals surface area contributed by atoms with Crippen LogP contribution >= 0.6 is 0 Å². The minimum absolute atomic E-state index is 0.00463. The third-order valence-corrected chi connectivity index (χ3v) is 10.4. The summed E-state index contributed by atoms with van der Waals surface area (Å²) in [4.78, 5) is 0. The Morgan fingerprint density at radius 2 is 1.46 bits per heavy atom. The third kappa shape index (κ3) is 5.44. The molecule has 2 aromatic rings. The second-order valence-electron chi connectivity index (χ2n) is 8.43. The van der Waals surface area contributed by atoms with Crippen molar-refractivity contribution in [2.24, 2.45) is 0 Å². The van der Waals surface area contributed by atoms with Gasteiger partial charge in [0, 0.05) is 0 Å². The van der Waals surface area contributed by atoms with Crippen LogP contribution < -0.4 is 10.4 Å². The lowest BCUT2D eigenvalue weighted by Crippen LogP contribution is -2.67. The minimum Gasteiger partial charge on any atom is -0.401 e. The normalized spacial score (nSPS) is 13.8. The highest BCUT2D eigenvalue weighted by Gasteiger charge is 2.51. The lowest BCUT2D eigenvalue weighted by molar-refractivity contribution is 0.217. The first-order chi connectivity index (χ1) is 13.5. The third-order valence-electron chi connectivity index (χ3n) is 5.29. The van der Waals surface area contributed by atoms with Crippen molar-refractivity contribution >= 4 is 18.7 Å². The Morgan fingerprint density at radius 1 is 0.929 bits per heavy atom. The molecule has 1 atom stereocenters. The number of aliphatic hydroxyl groups is 1. The summed E-state index contributed by atoms with van der Waals surface area (Å²) < 4.78 is 7.16. The van der Waals surface area contributed by atoms with E-state index in [1.165, 1.54) is 23.2 Å². The topological polar surface area (TPSA) is 29.5 Å². The average molecular weight is 397 g/mol. The summed E-state index contributed by atoms with van der Waals surface area (Å²) >= 11 is 0. The van der Waals surface area contributed by atoms with Crippen LogP contribution in [0.2, 0.25) is 5.04 Å². The van der Waals surface area contributed by atoms with Crippen molar-refractivity contribution in [3.8, 4) is 0 Å². The molecule has 2 aromatic carbocycles. The predicted molar refractivity (Wildman–Crippen MR) is 123 cm³/mol. The van der Waals surface area contributed by atoms with E-state index in [0.29, 0.717) is 0 Å². The van der Waals surface area contributed by atoms with Gasteiger partial charge in [0.15, 0.2) is 0 Å². The Morgan fingerprint density at radius 3 is 1.89 bits per heavy atom. The van der Waals surface area contributed by atoms with Gasteiger partial charge in [-0.25, -0.2) is 0 Å². The van der Waals surface area contributed by atoms with Gasteiger partial charge in [-0.1, -0.05) is 120 Å². The molecule has 0 aliphatic rings. The first kappa shape index (κ1) is 22.6. The molecule has 0 fully saturated rings. The summed E-state index contributed by atoms with van der Waals surface area (Å²) in [5.41, 5.74) is 0. The minimum atomic E-state index is -2.56. The van der Waals surface area contributed by atoms with Crippen molar-refractivity contribution < 1.29 is 9.53 Å². The van der Waals surface area contributed by atoms with E-state index in [4.69, 9.17) is 4.43 Å². The maximum atomic E-state index is 9.35. The summed E-state index contributed by atoms with van der Waals surface area (Å²) in [6.07, 6.45) is 8.40. The van der Waals surface area contributed by atoms with Gasteiger partial charge in [-0.3, -0.25) is 0 Å². The first-order valence-electron chi connectivity index (χ1n) is 10.5. The Labute approximate surface area is 172 Å². The molecule has 0 saturated carbocycles. The van der Waals surface area contributed by atoms with Crippen molar-refractivity contribution in [2.75, 3.05) is 6.61 Å². The maximum absolute atomic E-state index is 9.35. The highest BCUT2D eigenvalue weighted by molar-refractivity contribution is 6.99. The van der Waals surface area contributed by atoms with Crippen LogP contribution in [0.1, 0.15) is 53.4 Å². The molecule has 2 nitrogen and oxygen atoms in total. The van der Waals surface area contributed by atoms with Gasteiger partial charge < -0.3 is 9.53 Å². The van der Waals surface area contributed by atoms with E-state index < -0.39 is 8.32 Å². The number of hydrogen-bond donors (Lipinski definition) is 1. The van der Waals surface area contributed by atoms with Crippen LogP contribution in [0.25, 0.3) is 0 Å². The fourth-order valence-electron chi connectivity index (χ4n) is 3.92. The quantitative estimate of drug-likeness (QED) is 0.345. The molecular weight excluding hydrogens is 360 g/mol. The molecule has 0 amide bonds. The van der Waals surface area contributed by atoms with Crippen LogP contribution in [0.3, 0.4) is 0 Å². The maximum Gasteiger partial charge on any atom is 0.261 e. The monoisotopic (exact) mass is 396 g/mol. The lowest BCUT2D eigenvalue weighted by atomic mass is 10.1. The van der Waals surface area contributed by atoms with E-state index in [-0.39, 0.29) is 17.7 Å². The van der Waals surface area contributed by atoms with Crippen LogP contribution in [0.4, 0.5) is 0 Å². The molecule has 1 unspecified atom stereocenters. The zero-order valence-corrected chi connectivity index (χ0v) is 18.9. The first-order valence-corrected chi connectivity index (χ1v) is 12.4. The standard InChI is InChI=1S/C25H36O2Si/c1-5-6-9-15-22(16-14-21-26)27-28(25(2,3)4,23-17-10-7-11-18-23)24-19-12-8-13-20-24/h7-8,10-14,16-20,22,26H,5-6,9,15,21H2,1-4H3/b16-14+. The fourth-order valence-corrected chi connectivity index (χ4v) is 8.59. The Hall–Kier alpha value is -1.68. The predicted octanol–water partition coefficient (Wildman–Crippen LogP) is 5.06. The molecule has 0 aliphatic heterocycles. The summed E-state index contributed by atoms with van der Waals surface area (Å²) in [6.45, 7) is 9.18. The molecule has 0 saturated heterocycles. The van der Waals surface area contributed by atoms with Gasteiger partial charge in [-0.2, -0.15) is 0 Å². The summed E-state index contributed by atoms with van der Waals surface area (Å²) in [5, 5.41) is 11.9. The number of rotatable bonds is 10. The van der Waals surface area contributed by atoms with E-state index in [9.17, 15) is 5.11 Å². The van der Waals surface area contributed by atoms with E-state index in [1.807, 2.05) is 6.08 Å². The molecule has 1 N–H and O–H groups in total. The zero-order chi connectivity index (χ0) is 20.5. The summed E-state index contributed by atoms with van der Waals surface area (Å²) in [7, 11) is -2.56. The highest BCUT2D eigenvalue weighted by atomic mass is 28.4. The SMILES string of the molecule is CCCCCC(/C=C/CO)O[Si](c1ccccc1)(c1ccccc1)C(C)(C)C. The van der Waals surface area contributed by atoms with Gasteiger partial charge in [0.2, 0.25) is 0 Å². The van der Waals surface area contributed by atoms with Crippen LogP contribution in [-0.2, 0) is 4.43 Å². The van der Waals surface area contributed by atoms with Crippen LogP contribution in [0.5, 0.6) is 0 Å². The largest absolute Gasteiger partial charge is 0.401 e. The van der Waals surface area contributed by atoms with Gasteiger partial charge in [-0.15, -0.1) is 0 Å². The van der Waals surface area contributed by atoms with E-state index in [2.05, 4.69) is 94.4 Å². The number of benzene rings is 2. The van der Waals surface area contributed by atoms with Crippen molar-refractivity contribution in [2.45, 2.75) is 64.5 Å². The van der Waals surface area contributed by atoms with Crippen LogP contribution in [0, 0.1) is 0 Å². The molecule has 0 radical (unpaired) electrons. The molecule has 3 heteroatoms. The van der Waals surface area contributed by atoms with Gasteiger partial charge in [0.05, 0.1) is 12.7 Å². The van der Waals surface area contributed by atoms with Gasteiger partial charge in [-0.05, 0) is 21.8 Å². The fraction of sp³-hybridized carbons (Fsp3) is 0.440. The van der Waals surface area contributed by atoms with E-state index in [0.717, 1.165) is 12.8 Å². The highest BCUT2D eigenvalue weighted by Crippen LogP contribution is 2.38. The Bertz CT molecular complexity index is 665. The summed E-state index contributed by atoms with van der Waals surface area (Å²) in [6, 6.07) is 21.5. The van der Waals surface area contributed by atoms with Crippen molar-refractivity contribution in [3.63, 3.8) is 0 Å². The van der Waals surface area contributed by atoms with E-state index in [1.54, 1.807) is 0 Å². The molecule has 2 rings (SSSR count). The van der Waals surface area contributed by atoms with Gasteiger partial charge in [0.1, 0.15) is 0 Å². The van der Waals surface area contributed by atoms with E-state index >= 15 is 0 Å². The number of aliphatic hydroxyl groups excluding tert-OH is 1. The molecule has 0 aliphatic carbocycles. The Balaban J connectivity index is 2.57. The van der Waals surface area contributed by atoms with Crippen LogP contribution in [-0.4, -0.2) is 26.1 Å². The molecule has 0 spiro atoms. The van der Waals surface area contributed by atoms with Crippen molar-refractivity contribution in [1.29, 1.82) is 0 Å². The molecule has 0 heterocycles. The number of unbranched alkanes of at least 4 members (excludes halogenated alkanes) is 2. The molecule has 0 aromatic heterocycles. The van der Waals surface area contributed by atoms with Crippen molar-refractivity contribution in [1.82, 2.24) is 0 Å². The van der Waals surface area contributed by atoms with Crippen LogP contribution in [0.15, 0.2) is 72.8 Å². The second kappa shape index (κ2) is 10.8. The zero-order valence-electron chi connectivity index (χ0n) is 17.9.